The highest BCUT2D eigenvalue weighted by Crippen LogP contribution is 2.42. The molecule has 0 amide bonds. The van der Waals surface area contributed by atoms with Gasteiger partial charge in [0.15, 0.2) is 6.10 Å². The number of rotatable bonds is 46. The molecule has 0 aromatic rings. The highest BCUT2D eigenvalue weighted by atomic mass is 31.2. The van der Waals surface area contributed by atoms with Crippen molar-refractivity contribution in [1.29, 1.82) is 0 Å². The van der Waals surface area contributed by atoms with E-state index in [0.717, 1.165) is 77.7 Å². The van der Waals surface area contributed by atoms with Crippen molar-refractivity contribution in [3.63, 3.8) is 0 Å². The van der Waals surface area contributed by atoms with E-state index in [4.69, 9.17) is 14.0 Å². The number of carbonyl (C=O) groups is 2. The molecule has 0 aliphatic carbocycles. The first-order chi connectivity index (χ1) is 29.3. The Hall–Kier alpha value is -1.99. The summed E-state index contributed by atoms with van der Waals surface area (Å²) in [7, 11) is -3.20. The van der Waals surface area contributed by atoms with Crippen LogP contribution in [0.1, 0.15) is 239 Å². The van der Waals surface area contributed by atoms with Crippen molar-refractivity contribution in [2.24, 2.45) is 0 Å². The van der Waals surface area contributed by atoms with Crippen molar-refractivity contribution in [3.05, 3.63) is 48.6 Å². The molecule has 2 unspecified atom stereocenters. The SMILES string of the molecule is CC/C=C\C/C=C\C/C=C\C/C=C\CCCCCCCCCCC(=O)OC(COC(=O)CCCCCCCCCCCCCCCCCCCCCC)COP(=O)(O)OC. The van der Waals surface area contributed by atoms with Gasteiger partial charge in [-0.3, -0.25) is 18.6 Å². The molecular weight excluding hydrogens is 772 g/mol. The average molecular weight is 865 g/mol. The summed E-state index contributed by atoms with van der Waals surface area (Å²) in [4.78, 5) is 34.6. The standard InChI is InChI=1S/C51H93O8P/c1-4-6-8-10-12-14-16-18-20-22-24-26-28-30-32-34-36-38-40-42-44-46-51(53)59-49(48-58-60(54,55)56-3)47-57-50(52)45-43-41-39-37-35-33-31-29-27-25-23-21-19-17-15-13-11-9-7-5-2/h6,8,12,14,18,20,24,26,49H,4-5,7,9-11,13,15-17,19,21-23,25,27-48H2,1-3H3,(H,54,55)/b8-6-,14-12-,20-18-,26-24-. The van der Waals surface area contributed by atoms with Crippen LogP contribution in [0, 0.1) is 0 Å². The van der Waals surface area contributed by atoms with E-state index in [-0.39, 0.29) is 19.0 Å². The number of esters is 2. The molecule has 0 bridgehead atoms. The molecule has 350 valence electrons. The summed E-state index contributed by atoms with van der Waals surface area (Å²) < 4.78 is 32.1. The largest absolute Gasteiger partial charge is 0.472 e. The maximum absolute atomic E-state index is 12.6. The first-order valence-electron chi connectivity index (χ1n) is 24.8. The van der Waals surface area contributed by atoms with Crippen molar-refractivity contribution in [1.82, 2.24) is 0 Å². The van der Waals surface area contributed by atoms with Crippen LogP contribution in [-0.2, 0) is 32.7 Å². The molecule has 1 N–H and O–H groups in total. The zero-order chi connectivity index (χ0) is 43.9. The lowest BCUT2D eigenvalue weighted by Gasteiger charge is -2.19. The summed E-state index contributed by atoms with van der Waals surface area (Å²) in [5.41, 5.74) is 0. The lowest BCUT2D eigenvalue weighted by atomic mass is 10.0. The molecule has 0 aliphatic heterocycles. The van der Waals surface area contributed by atoms with Crippen molar-refractivity contribution in [2.75, 3.05) is 20.3 Å². The molecule has 0 saturated heterocycles. The van der Waals surface area contributed by atoms with E-state index in [2.05, 4.69) is 67.0 Å². The summed E-state index contributed by atoms with van der Waals surface area (Å²) >= 11 is 0. The highest BCUT2D eigenvalue weighted by Gasteiger charge is 2.24. The molecule has 0 fully saturated rings. The second kappa shape index (κ2) is 46.5. The van der Waals surface area contributed by atoms with Crippen LogP contribution in [-0.4, -0.2) is 43.3 Å². The van der Waals surface area contributed by atoms with Crippen molar-refractivity contribution in [2.45, 2.75) is 245 Å². The van der Waals surface area contributed by atoms with Gasteiger partial charge in [0.1, 0.15) is 6.61 Å². The predicted octanol–water partition coefficient (Wildman–Crippen LogP) is 16.1. The molecule has 0 aromatic heterocycles. The summed E-state index contributed by atoms with van der Waals surface area (Å²) in [6.45, 7) is 3.80. The number of ether oxygens (including phenoxy) is 2. The number of hydrogen-bond acceptors (Lipinski definition) is 7. The Morgan fingerprint density at radius 1 is 0.483 bits per heavy atom. The zero-order valence-corrected chi connectivity index (χ0v) is 40.0. The van der Waals surface area contributed by atoms with Gasteiger partial charge < -0.3 is 14.4 Å². The van der Waals surface area contributed by atoms with E-state index in [0.29, 0.717) is 12.8 Å². The normalized spacial score (nSPS) is 13.6. The van der Waals surface area contributed by atoms with E-state index in [9.17, 15) is 19.0 Å². The van der Waals surface area contributed by atoms with E-state index in [1.54, 1.807) is 0 Å². The second-order valence-corrected chi connectivity index (χ2v) is 18.1. The fourth-order valence-corrected chi connectivity index (χ4v) is 7.52. The predicted molar refractivity (Wildman–Crippen MR) is 253 cm³/mol. The molecule has 0 spiro atoms. The number of phosphoric acid groups is 1. The topological polar surface area (TPSA) is 108 Å². The van der Waals surface area contributed by atoms with Crippen LogP contribution in [0.2, 0.25) is 0 Å². The van der Waals surface area contributed by atoms with Crippen LogP contribution in [0.3, 0.4) is 0 Å². The lowest BCUT2D eigenvalue weighted by Crippen LogP contribution is -2.29. The van der Waals surface area contributed by atoms with Gasteiger partial charge in [0.05, 0.1) is 6.61 Å². The number of phosphoric ester groups is 1. The molecule has 60 heavy (non-hydrogen) atoms. The Labute approximate surface area is 369 Å². The van der Waals surface area contributed by atoms with Crippen molar-refractivity contribution >= 4 is 19.8 Å². The highest BCUT2D eigenvalue weighted by molar-refractivity contribution is 7.47. The molecule has 0 aliphatic rings. The minimum Gasteiger partial charge on any atom is -0.462 e. The molecule has 0 heterocycles. The van der Waals surface area contributed by atoms with Gasteiger partial charge in [0, 0.05) is 20.0 Å². The van der Waals surface area contributed by atoms with Gasteiger partial charge >= 0.3 is 19.8 Å². The van der Waals surface area contributed by atoms with Crippen LogP contribution in [0.15, 0.2) is 48.6 Å². The van der Waals surface area contributed by atoms with Gasteiger partial charge in [-0.05, 0) is 51.4 Å². The van der Waals surface area contributed by atoms with Crippen LogP contribution in [0.25, 0.3) is 0 Å². The summed E-state index contributed by atoms with van der Waals surface area (Å²) in [6, 6.07) is 0. The molecular formula is C51H93O8P. The molecule has 0 radical (unpaired) electrons. The summed E-state index contributed by atoms with van der Waals surface area (Å²) in [5, 5.41) is 0. The summed E-state index contributed by atoms with van der Waals surface area (Å²) in [5.74, 6) is -0.804. The van der Waals surface area contributed by atoms with Gasteiger partial charge in [-0.1, -0.05) is 223 Å². The quantitative estimate of drug-likeness (QED) is 0.0279. The number of allylic oxidation sites excluding steroid dienone is 8. The number of carbonyl (C=O) groups excluding carboxylic acids is 2. The Morgan fingerprint density at radius 2 is 0.850 bits per heavy atom. The van der Waals surface area contributed by atoms with Gasteiger partial charge in [0.25, 0.3) is 0 Å². The smallest absolute Gasteiger partial charge is 0.462 e. The van der Waals surface area contributed by atoms with Gasteiger partial charge in [0.2, 0.25) is 0 Å². The van der Waals surface area contributed by atoms with Crippen LogP contribution >= 0.6 is 7.82 Å². The minimum absolute atomic E-state index is 0.226. The van der Waals surface area contributed by atoms with E-state index < -0.39 is 26.5 Å². The van der Waals surface area contributed by atoms with E-state index in [1.807, 2.05) is 0 Å². The maximum Gasteiger partial charge on any atom is 0.472 e. The van der Waals surface area contributed by atoms with Crippen LogP contribution < -0.4 is 0 Å². The Morgan fingerprint density at radius 3 is 1.27 bits per heavy atom. The second-order valence-electron chi connectivity index (χ2n) is 16.6. The molecule has 0 rings (SSSR count). The average Bonchev–Trinajstić information content (AvgIpc) is 3.24. The lowest BCUT2D eigenvalue weighted by molar-refractivity contribution is -0.161. The zero-order valence-electron chi connectivity index (χ0n) is 39.1. The first kappa shape index (κ1) is 58.0. The van der Waals surface area contributed by atoms with E-state index in [1.165, 1.54) is 135 Å². The van der Waals surface area contributed by atoms with Gasteiger partial charge in [-0.25, -0.2) is 4.57 Å². The van der Waals surface area contributed by atoms with Crippen molar-refractivity contribution in [3.8, 4) is 0 Å². The Bertz CT molecular complexity index is 1120. The maximum atomic E-state index is 12.6. The van der Waals surface area contributed by atoms with Gasteiger partial charge in [-0.15, -0.1) is 0 Å². The van der Waals surface area contributed by atoms with Crippen LogP contribution in [0.4, 0.5) is 0 Å². The third kappa shape index (κ3) is 45.5. The first-order valence-corrected chi connectivity index (χ1v) is 26.3. The molecule has 0 saturated carbocycles. The summed E-state index contributed by atoms with van der Waals surface area (Å²) in [6.07, 6.45) is 57.4. The fraction of sp³-hybridized carbons (Fsp3) is 0.804. The Balaban J connectivity index is 3.92. The van der Waals surface area contributed by atoms with Crippen LogP contribution in [0.5, 0.6) is 0 Å². The number of hydrogen-bond donors (Lipinski definition) is 1. The molecule has 9 heteroatoms. The fourth-order valence-electron chi connectivity index (χ4n) is 7.06. The van der Waals surface area contributed by atoms with E-state index >= 15 is 0 Å². The van der Waals surface area contributed by atoms with Gasteiger partial charge in [-0.2, -0.15) is 0 Å². The monoisotopic (exact) mass is 865 g/mol. The van der Waals surface area contributed by atoms with Crippen molar-refractivity contribution < 1.29 is 37.6 Å². The molecule has 2 atom stereocenters. The molecule has 0 aromatic carbocycles. The minimum atomic E-state index is -4.27. The third-order valence-corrected chi connectivity index (χ3v) is 11.8. The molecule has 8 nitrogen and oxygen atoms in total. The number of unbranched alkanes of at least 4 members (excludes halogenated alkanes) is 27. The third-order valence-electron chi connectivity index (χ3n) is 10.8. The Kier molecular flexibility index (Phi) is 45.0.